The van der Waals surface area contributed by atoms with Gasteiger partial charge in [-0.15, -0.1) is 0 Å². The molecule has 1 rings (SSSR count). The van der Waals surface area contributed by atoms with E-state index >= 15 is 0 Å². The van der Waals surface area contributed by atoms with E-state index in [4.69, 9.17) is 0 Å². The van der Waals surface area contributed by atoms with Crippen molar-refractivity contribution in [1.82, 2.24) is 0 Å². The summed E-state index contributed by atoms with van der Waals surface area (Å²) in [5.41, 5.74) is 0. The molecule has 0 saturated heterocycles. The minimum Gasteiger partial charge on any atom is -0.179 e. The van der Waals surface area contributed by atoms with Crippen LogP contribution < -0.4 is 0 Å². The third-order valence-corrected chi connectivity index (χ3v) is 4.49. The van der Waals surface area contributed by atoms with Crippen LogP contribution in [0.15, 0.2) is 0 Å². The van der Waals surface area contributed by atoms with Crippen LogP contribution >= 0.6 is 24.4 Å². The molecule has 0 nitrogen and oxygen atoms in total. The van der Waals surface area contributed by atoms with Crippen LogP contribution in [0.3, 0.4) is 0 Å². The molecule has 0 bridgehead atoms. The van der Waals surface area contributed by atoms with Crippen LogP contribution in [-0.4, -0.2) is 16.8 Å². The molecule has 0 heterocycles. The van der Waals surface area contributed by atoms with Crippen LogP contribution in [0.1, 0.15) is 51.4 Å². The minimum atomic E-state index is 1.00. The summed E-state index contributed by atoms with van der Waals surface area (Å²) < 4.78 is 0. The minimum absolute atomic E-state index is 1.00. The third-order valence-electron chi connectivity index (χ3n) is 2.71. The Bertz CT molecular complexity index is 109. The molecule has 0 N–H and O–H groups in total. The SMILES string of the molecule is SCCCCCSC1CCCCC1. The lowest BCUT2D eigenvalue weighted by atomic mass is 10.0. The van der Waals surface area contributed by atoms with Crippen molar-refractivity contribution in [1.29, 1.82) is 0 Å². The summed E-state index contributed by atoms with van der Waals surface area (Å²) in [4.78, 5) is 0. The first-order chi connectivity index (χ1) is 6.43. The zero-order valence-corrected chi connectivity index (χ0v) is 10.2. The summed E-state index contributed by atoms with van der Waals surface area (Å²) in [7, 11) is 0. The van der Waals surface area contributed by atoms with Crippen LogP contribution in [0.5, 0.6) is 0 Å². The lowest BCUT2D eigenvalue weighted by Gasteiger charge is -2.20. The van der Waals surface area contributed by atoms with E-state index in [1.807, 2.05) is 0 Å². The van der Waals surface area contributed by atoms with Crippen molar-refractivity contribution < 1.29 is 0 Å². The highest BCUT2D eigenvalue weighted by Crippen LogP contribution is 2.28. The Morgan fingerprint density at radius 2 is 1.77 bits per heavy atom. The topological polar surface area (TPSA) is 0 Å². The maximum absolute atomic E-state index is 4.22. The third kappa shape index (κ3) is 5.90. The Labute approximate surface area is 92.7 Å². The predicted molar refractivity (Wildman–Crippen MR) is 67.0 cm³/mol. The maximum atomic E-state index is 4.22. The first-order valence-electron chi connectivity index (χ1n) is 5.66. The van der Waals surface area contributed by atoms with Gasteiger partial charge in [0.15, 0.2) is 0 Å². The van der Waals surface area contributed by atoms with Crippen LogP contribution in [0.2, 0.25) is 0 Å². The number of unbranched alkanes of at least 4 members (excludes halogenated alkanes) is 2. The molecule has 2 heteroatoms. The summed E-state index contributed by atoms with van der Waals surface area (Å²) in [6.45, 7) is 0. The second-order valence-electron chi connectivity index (χ2n) is 3.92. The number of thiol groups is 1. The highest BCUT2D eigenvalue weighted by molar-refractivity contribution is 7.99. The first-order valence-corrected chi connectivity index (χ1v) is 7.34. The van der Waals surface area contributed by atoms with Crippen molar-refractivity contribution in [2.75, 3.05) is 11.5 Å². The molecule has 13 heavy (non-hydrogen) atoms. The fraction of sp³-hybridized carbons (Fsp3) is 1.00. The highest BCUT2D eigenvalue weighted by atomic mass is 32.2. The van der Waals surface area contributed by atoms with E-state index in [0.29, 0.717) is 0 Å². The molecule has 0 radical (unpaired) electrons. The fourth-order valence-corrected chi connectivity index (χ4v) is 3.47. The van der Waals surface area contributed by atoms with Gasteiger partial charge in [-0.2, -0.15) is 24.4 Å². The average Bonchev–Trinajstić information content (AvgIpc) is 2.19. The fourth-order valence-electron chi connectivity index (χ4n) is 1.87. The van der Waals surface area contributed by atoms with Crippen LogP contribution in [0.4, 0.5) is 0 Å². The number of hydrogen-bond acceptors (Lipinski definition) is 2. The average molecular weight is 218 g/mol. The van der Waals surface area contributed by atoms with E-state index in [2.05, 4.69) is 24.4 Å². The van der Waals surface area contributed by atoms with Gasteiger partial charge in [-0.05, 0) is 37.2 Å². The second kappa shape index (κ2) is 8.05. The van der Waals surface area contributed by atoms with Gasteiger partial charge in [0.25, 0.3) is 0 Å². The van der Waals surface area contributed by atoms with E-state index < -0.39 is 0 Å². The normalized spacial score (nSPS) is 19.2. The molecule has 0 atom stereocenters. The smallest absolute Gasteiger partial charge is 0.00470 e. The molecule has 1 aliphatic carbocycles. The first kappa shape index (κ1) is 11.8. The molecule has 0 amide bonds. The number of hydrogen-bond donors (Lipinski definition) is 1. The summed E-state index contributed by atoms with van der Waals surface area (Å²) in [6.07, 6.45) is 11.5. The van der Waals surface area contributed by atoms with Gasteiger partial charge in [-0.3, -0.25) is 0 Å². The van der Waals surface area contributed by atoms with E-state index in [0.717, 1.165) is 11.0 Å². The van der Waals surface area contributed by atoms with E-state index in [1.165, 1.54) is 57.1 Å². The molecular weight excluding hydrogens is 196 g/mol. The van der Waals surface area contributed by atoms with Gasteiger partial charge in [0.1, 0.15) is 0 Å². The Morgan fingerprint density at radius 1 is 1.00 bits per heavy atom. The van der Waals surface area contributed by atoms with Crippen molar-refractivity contribution in [3.8, 4) is 0 Å². The van der Waals surface area contributed by atoms with Crippen LogP contribution in [0.25, 0.3) is 0 Å². The molecule has 0 aromatic rings. The zero-order chi connectivity index (χ0) is 9.36. The Balaban J connectivity index is 1.86. The molecular formula is C11H22S2. The van der Waals surface area contributed by atoms with Gasteiger partial charge >= 0.3 is 0 Å². The molecule has 78 valence electrons. The Kier molecular flexibility index (Phi) is 7.29. The summed E-state index contributed by atoms with van der Waals surface area (Å²) in [5, 5.41) is 1.00. The van der Waals surface area contributed by atoms with Crippen molar-refractivity contribution in [3.63, 3.8) is 0 Å². The van der Waals surface area contributed by atoms with Gasteiger partial charge in [-0.25, -0.2) is 0 Å². The zero-order valence-electron chi connectivity index (χ0n) is 8.50. The lowest BCUT2D eigenvalue weighted by Crippen LogP contribution is -2.08. The molecule has 0 aromatic carbocycles. The van der Waals surface area contributed by atoms with Crippen molar-refractivity contribution in [3.05, 3.63) is 0 Å². The standard InChI is InChI=1S/C11H22S2/c12-9-5-2-6-10-13-11-7-3-1-4-8-11/h11-12H,1-10H2. The summed E-state index contributed by atoms with van der Waals surface area (Å²) >= 11 is 6.44. The van der Waals surface area contributed by atoms with Gasteiger partial charge in [0.05, 0.1) is 0 Å². The van der Waals surface area contributed by atoms with E-state index in [1.54, 1.807) is 0 Å². The number of thioether (sulfide) groups is 1. The molecule has 1 saturated carbocycles. The predicted octanol–water partition coefficient (Wildman–Crippen LogP) is 4.15. The Hall–Kier alpha value is 0.700. The van der Waals surface area contributed by atoms with E-state index in [-0.39, 0.29) is 0 Å². The summed E-state index contributed by atoms with van der Waals surface area (Å²) in [5.74, 6) is 2.45. The molecule has 1 fully saturated rings. The maximum Gasteiger partial charge on any atom is 0.00470 e. The largest absolute Gasteiger partial charge is 0.179 e. The molecule has 0 aromatic heterocycles. The summed E-state index contributed by atoms with van der Waals surface area (Å²) in [6, 6.07) is 0. The van der Waals surface area contributed by atoms with Gasteiger partial charge < -0.3 is 0 Å². The van der Waals surface area contributed by atoms with E-state index in [9.17, 15) is 0 Å². The highest BCUT2D eigenvalue weighted by Gasteiger charge is 2.12. The van der Waals surface area contributed by atoms with Gasteiger partial charge in [0.2, 0.25) is 0 Å². The van der Waals surface area contributed by atoms with Gasteiger partial charge in [0, 0.05) is 5.25 Å². The molecule has 0 spiro atoms. The second-order valence-corrected chi connectivity index (χ2v) is 5.77. The number of rotatable bonds is 6. The molecule has 0 aliphatic heterocycles. The quantitative estimate of drug-likeness (QED) is 0.516. The van der Waals surface area contributed by atoms with Crippen molar-refractivity contribution in [2.45, 2.75) is 56.6 Å². The van der Waals surface area contributed by atoms with Crippen LogP contribution in [0, 0.1) is 0 Å². The van der Waals surface area contributed by atoms with Gasteiger partial charge in [-0.1, -0.05) is 25.7 Å². The molecule has 1 aliphatic rings. The molecule has 0 unspecified atom stereocenters. The monoisotopic (exact) mass is 218 g/mol. The van der Waals surface area contributed by atoms with Crippen molar-refractivity contribution >= 4 is 24.4 Å². The lowest BCUT2D eigenvalue weighted by molar-refractivity contribution is 0.516. The van der Waals surface area contributed by atoms with Crippen molar-refractivity contribution in [2.24, 2.45) is 0 Å². The Morgan fingerprint density at radius 3 is 2.46 bits per heavy atom. The van der Waals surface area contributed by atoms with Crippen LogP contribution in [-0.2, 0) is 0 Å².